The van der Waals surface area contributed by atoms with Gasteiger partial charge < -0.3 is 19.7 Å². The molecule has 1 fully saturated rings. The lowest BCUT2D eigenvalue weighted by Gasteiger charge is -2.33. The van der Waals surface area contributed by atoms with Crippen LogP contribution in [0.1, 0.15) is 33.6 Å². The highest BCUT2D eigenvalue weighted by atomic mass is 32.1. The van der Waals surface area contributed by atoms with Gasteiger partial charge in [0.1, 0.15) is 0 Å². The molecule has 1 N–H and O–H groups in total. The second-order valence-electron chi connectivity index (χ2n) is 7.69. The van der Waals surface area contributed by atoms with Crippen molar-refractivity contribution in [2.75, 3.05) is 24.8 Å². The van der Waals surface area contributed by atoms with Crippen molar-refractivity contribution in [3.63, 3.8) is 0 Å². The SMILES string of the molecule is CC(C)(C)NC(=O)C1CCCN(c2nc3cc4c(cc3s2)OCO4)C1. The molecule has 0 saturated carbocycles. The fourth-order valence-corrected chi connectivity index (χ4v) is 4.29. The summed E-state index contributed by atoms with van der Waals surface area (Å²) < 4.78 is 12.0. The van der Waals surface area contributed by atoms with Gasteiger partial charge in [0.15, 0.2) is 16.6 Å². The minimum atomic E-state index is -0.199. The molecule has 0 spiro atoms. The number of nitrogens with one attached hydrogen (secondary N) is 1. The van der Waals surface area contributed by atoms with E-state index in [9.17, 15) is 4.79 Å². The molecule has 1 atom stereocenters. The van der Waals surface area contributed by atoms with Crippen molar-refractivity contribution >= 4 is 32.6 Å². The van der Waals surface area contributed by atoms with E-state index >= 15 is 0 Å². The highest BCUT2D eigenvalue weighted by Gasteiger charge is 2.29. The van der Waals surface area contributed by atoms with Gasteiger partial charge in [-0.15, -0.1) is 0 Å². The van der Waals surface area contributed by atoms with E-state index in [1.807, 2.05) is 32.9 Å². The Balaban J connectivity index is 1.53. The molecule has 0 radical (unpaired) electrons. The number of fused-ring (bicyclic) bond motifs is 2. The zero-order valence-corrected chi connectivity index (χ0v) is 15.6. The Kier molecular flexibility index (Phi) is 3.98. The van der Waals surface area contributed by atoms with Crippen molar-refractivity contribution in [2.24, 2.45) is 5.92 Å². The number of rotatable bonds is 2. The largest absolute Gasteiger partial charge is 0.454 e. The first-order valence-corrected chi connectivity index (χ1v) is 9.48. The summed E-state index contributed by atoms with van der Waals surface area (Å²) in [5.41, 5.74) is 0.723. The lowest BCUT2D eigenvalue weighted by Crippen LogP contribution is -2.48. The van der Waals surface area contributed by atoms with Crippen LogP contribution in [0, 0.1) is 5.92 Å². The van der Waals surface area contributed by atoms with Crippen LogP contribution in [0.15, 0.2) is 12.1 Å². The molecule has 134 valence electrons. The molecule has 6 nitrogen and oxygen atoms in total. The summed E-state index contributed by atoms with van der Waals surface area (Å²) in [4.78, 5) is 19.5. The van der Waals surface area contributed by atoms with Crippen LogP contribution in [0.5, 0.6) is 11.5 Å². The molecule has 2 aliphatic heterocycles. The Labute approximate surface area is 151 Å². The zero-order valence-electron chi connectivity index (χ0n) is 14.8. The maximum Gasteiger partial charge on any atom is 0.231 e. The normalized spacial score (nSPS) is 20.1. The predicted octanol–water partition coefficient (Wildman–Crippen LogP) is 3.16. The minimum absolute atomic E-state index is 0.0108. The highest BCUT2D eigenvalue weighted by molar-refractivity contribution is 7.22. The molecule has 3 heterocycles. The number of carbonyl (C=O) groups is 1. The summed E-state index contributed by atoms with van der Waals surface area (Å²) in [6.07, 6.45) is 1.93. The number of hydrogen-bond acceptors (Lipinski definition) is 6. The van der Waals surface area contributed by atoms with E-state index < -0.39 is 0 Å². The van der Waals surface area contributed by atoms with Crippen LogP contribution in [-0.2, 0) is 4.79 Å². The summed E-state index contributed by atoms with van der Waals surface area (Å²) in [6.45, 7) is 7.98. The molecule has 1 aromatic carbocycles. The standard InChI is InChI=1S/C18H23N3O3S/c1-18(2,3)20-16(22)11-5-4-6-21(9-11)17-19-12-7-13-14(24-10-23-13)8-15(12)25-17/h7-8,11H,4-6,9-10H2,1-3H3,(H,20,22). The molecule has 1 aromatic heterocycles. The van der Waals surface area contributed by atoms with E-state index in [0.29, 0.717) is 6.54 Å². The van der Waals surface area contributed by atoms with E-state index in [1.54, 1.807) is 11.3 Å². The molecule has 0 aliphatic carbocycles. The van der Waals surface area contributed by atoms with Crippen molar-refractivity contribution in [1.29, 1.82) is 0 Å². The number of anilines is 1. The Morgan fingerprint density at radius 1 is 1.32 bits per heavy atom. The molecule has 1 unspecified atom stereocenters. The van der Waals surface area contributed by atoms with Crippen LogP contribution in [0.2, 0.25) is 0 Å². The minimum Gasteiger partial charge on any atom is -0.454 e. The van der Waals surface area contributed by atoms with E-state index in [2.05, 4.69) is 10.2 Å². The predicted molar refractivity (Wildman–Crippen MR) is 98.6 cm³/mol. The zero-order chi connectivity index (χ0) is 17.6. The van der Waals surface area contributed by atoms with Crippen molar-refractivity contribution in [3.8, 4) is 11.5 Å². The number of aromatic nitrogens is 1. The maximum absolute atomic E-state index is 12.5. The van der Waals surface area contributed by atoms with Crippen LogP contribution >= 0.6 is 11.3 Å². The number of benzene rings is 1. The number of carbonyl (C=O) groups excluding carboxylic acids is 1. The Morgan fingerprint density at radius 2 is 2.08 bits per heavy atom. The first-order valence-electron chi connectivity index (χ1n) is 8.66. The molecule has 0 bridgehead atoms. The topological polar surface area (TPSA) is 63.7 Å². The van der Waals surface area contributed by atoms with Gasteiger partial charge in [0.2, 0.25) is 12.7 Å². The number of hydrogen-bond donors (Lipinski definition) is 1. The Bertz CT molecular complexity index is 771. The fraction of sp³-hybridized carbons (Fsp3) is 0.556. The molecule has 4 rings (SSSR count). The van der Waals surface area contributed by atoms with Crippen LogP contribution in [0.3, 0.4) is 0 Å². The van der Waals surface area contributed by atoms with Gasteiger partial charge in [-0.3, -0.25) is 4.79 Å². The molecule has 1 saturated heterocycles. The summed E-state index contributed by atoms with van der Waals surface area (Å²) in [5, 5.41) is 4.07. The van der Waals surface area contributed by atoms with Gasteiger partial charge in [-0.2, -0.15) is 0 Å². The van der Waals surface area contributed by atoms with Crippen LogP contribution in [0.25, 0.3) is 10.2 Å². The second kappa shape index (κ2) is 6.05. The van der Waals surface area contributed by atoms with Crippen LogP contribution < -0.4 is 19.7 Å². The number of ether oxygens (including phenoxy) is 2. The van der Waals surface area contributed by atoms with Gasteiger partial charge in [-0.25, -0.2) is 4.98 Å². The highest BCUT2D eigenvalue weighted by Crippen LogP contribution is 2.40. The Hall–Kier alpha value is -2.02. The third kappa shape index (κ3) is 3.38. The molecule has 2 aromatic rings. The van der Waals surface area contributed by atoms with Crippen LogP contribution in [0.4, 0.5) is 5.13 Å². The third-order valence-electron chi connectivity index (χ3n) is 4.43. The summed E-state index contributed by atoms with van der Waals surface area (Å²) >= 11 is 1.64. The Morgan fingerprint density at radius 3 is 2.84 bits per heavy atom. The van der Waals surface area contributed by atoms with Crippen molar-refractivity contribution in [3.05, 3.63) is 12.1 Å². The van der Waals surface area contributed by atoms with E-state index in [4.69, 9.17) is 14.5 Å². The van der Waals surface area contributed by atoms with Crippen LogP contribution in [-0.4, -0.2) is 36.3 Å². The number of amides is 1. The number of piperidine rings is 1. The van der Waals surface area contributed by atoms with Crippen molar-refractivity contribution in [2.45, 2.75) is 39.2 Å². The van der Waals surface area contributed by atoms with Gasteiger partial charge in [-0.1, -0.05) is 11.3 Å². The smallest absolute Gasteiger partial charge is 0.231 e. The molecule has 25 heavy (non-hydrogen) atoms. The van der Waals surface area contributed by atoms with Crippen molar-refractivity contribution in [1.82, 2.24) is 10.3 Å². The summed E-state index contributed by atoms with van der Waals surface area (Å²) in [5.74, 6) is 1.69. The van der Waals surface area contributed by atoms with Gasteiger partial charge in [-0.05, 0) is 33.6 Å². The summed E-state index contributed by atoms with van der Waals surface area (Å²) in [6, 6.07) is 3.93. The lowest BCUT2D eigenvalue weighted by atomic mass is 9.96. The third-order valence-corrected chi connectivity index (χ3v) is 5.51. The molecule has 7 heteroatoms. The quantitative estimate of drug-likeness (QED) is 0.890. The molecule has 2 aliphatic rings. The monoisotopic (exact) mass is 361 g/mol. The van der Waals surface area contributed by atoms with E-state index in [-0.39, 0.29) is 24.2 Å². The fourth-order valence-electron chi connectivity index (χ4n) is 3.28. The van der Waals surface area contributed by atoms with E-state index in [1.165, 1.54) is 0 Å². The van der Waals surface area contributed by atoms with E-state index in [0.717, 1.165) is 46.2 Å². The second-order valence-corrected chi connectivity index (χ2v) is 8.70. The maximum atomic E-state index is 12.5. The van der Waals surface area contributed by atoms with Gasteiger partial charge >= 0.3 is 0 Å². The first-order chi connectivity index (χ1) is 11.9. The van der Waals surface area contributed by atoms with Crippen molar-refractivity contribution < 1.29 is 14.3 Å². The summed E-state index contributed by atoms with van der Waals surface area (Å²) in [7, 11) is 0. The number of nitrogens with zero attached hydrogens (tertiary/aromatic N) is 2. The van der Waals surface area contributed by atoms with Gasteiger partial charge in [0.25, 0.3) is 0 Å². The molecular formula is C18H23N3O3S. The average Bonchev–Trinajstić information content (AvgIpc) is 3.16. The lowest BCUT2D eigenvalue weighted by molar-refractivity contribution is -0.126. The molecule has 1 amide bonds. The van der Waals surface area contributed by atoms with Gasteiger partial charge in [0, 0.05) is 30.8 Å². The van der Waals surface area contributed by atoms with Gasteiger partial charge in [0.05, 0.1) is 16.1 Å². The molecular weight excluding hydrogens is 338 g/mol. The number of thiazole rings is 1. The first kappa shape index (κ1) is 16.4. The average molecular weight is 361 g/mol.